The molecule has 98 valence electrons. The van der Waals surface area contributed by atoms with Crippen LogP contribution in [-0.2, 0) is 11.2 Å². The molecule has 0 amide bonds. The van der Waals surface area contributed by atoms with Gasteiger partial charge >= 0.3 is 5.97 Å². The molecule has 1 aromatic carbocycles. The molecule has 1 unspecified atom stereocenters. The number of carboxylic acid groups (broad SMARTS) is 1. The highest BCUT2D eigenvalue weighted by Gasteiger charge is 2.17. The van der Waals surface area contributed by atoms with Crippen molar-refractivity contribution in [3.05, 3.63) is 65.5 Å². The molecule has 0 fully saturated rings. The van der Waals surface area contributed by atoms with Crippen LogP contribution in [0.4, 0.5) is 0 Å². The van der Waals surface area contributed by atoms with Gasteiger partial charge in [0.15, 0.2) is 0 Å². The van der Waals surface area contributed by atoms with Gasteiger partial charge in [-0.25, -0.2) is 0 Å². The van der Waals surface area contributed by atoms with Gasteiger partial charge < -0.3 is 5.11 Å². The Morgan fingerprint density at radius 3 is 2.74 bits per heavy atom. The molecule has 0 aliphatic heterocycles. The fraction of sp³-hybridized carbons (Fsp3) is 0.250. The highest BCUT2D eigenvalue weighted by Crippen LogP contribution is 2.23. The van der Waals surface area contributed by atoms with E-state index in [0.29, 0.717) is 6.42 Å². The minimum Gasteiger partial charge on any atom is -0.481 e. The molecule has 0 saturated carbocycles. The second kappa shape index (κ2) is 6.14. The Morgan fingerprint density at radius 2 is 2.11 bits per heavy atom. The van der Waals surface area contributed by atoms with E-state index in [0.717, 1.165) is 11.3 Å². The van der Waals surface area contributed by atoms with Gasteiger partial charge in [-0.3, -0.25) is 9.78 Å². The first-order valence-electron chi connectivity index (χ1n) is 6.33. The average Bonchev–Trinajstić information content (AvgIpc) is 2.38. The Bertz CT molecular complexity index is 552. The third-order valence-electron chi connectivity index (χ3n) is 3.09. The molecule has 1 heterocycles. The van der Waals surface area contributed by atoms with Crippen LogP contribution in [0.3, 0.4) is 0 Å². The molecule has 1 aromatic heterocycles. The van der Waals surface area contributed by atoms with Crippen LogP contribution in [0.25, 0.3) is 0 Å². The van der Waals surface area contributed by atoms with Gasteiger partial charge in [-0.15, -0.1) is 0 Å². The summed E-state index contributed by atoms with van der Waals surface area (Å²) in [6.07, 6.45) is 2.51. The molecule has 2 aromatic rings. The summed E-state index contributed by atoms with van der Waals surface area (Å²) in [6.45, 7) is 2.04. The Hall–Kier alpha value is -2.16. The minimum absolute atomic E-state index is 0.0829. The Kier molecular flexibility index (Phi) is 4.29. The number of rotatable bonds is 5. The number of hydrogen-bond acceptors (Lipinski definition) is 2. The summed E-state index contributed by atoms with van der Waals surface area (Å²) in [5.41, 5.74) is 3.18. The van der Waals surface area contributed by atoms with Crippen molar-refractivity contribution in [1.82, 2.24) is 4.98 Å². The van der Waals surface area contributed by atoms with E-state index in [9.17, 15) is 4.79 Å². The molecule has 0 spiro atoms. The summed E-state index contributed by atoms with van der Waals surface area (Å²) in [6, 6.07) is 13.8. The number of hydrogen-bond donors (Lipinski definition) is 1. The van der Waals surface area contributed by atoms with Gasteiger partial charge in [-0.05, 0) is 31.0 Å². The van der Waals surface area contributed by atoms with Crippen molar-refractivity contribution in [2.75, 3.05) is 0 Å². The summed E-state index contributed by atoms with van der Waals surface area (Å²) in [5.74, 6) is -0.871. The van der Waals surface area contributed by atoms with Crippen LogP contribution in [0.1, 0.15) is 29.2 Å². The number of aliphatic carboxylic acids is 1. The van der Waals surface area contributed by atoms with Gasteiger partial charge in [-0.1, -0.05) is 35.9 Å². The number of benzene rings is 1. The normalized spacial score (nSPS) is 12.1. The van der Waals surface area contributed by atoms with Crippen molar-refractivity contribution in [1.29, 1.82) is 0 Å². The Labute approximate surface area is 112 Å². The first-order valence-corrected chi connectivity index (χ1v) is 6.33. The van der Waals surface area contributed by atoms with Crippen molar-refractivity contribution in [3.63, 3.8) is 0 Å². The number of nitrogens with zero attached hydrogens (tertiary/aromatic N) is 1. The van der Waals surface area contributed by atoms with E-state index in [-0.39, 0.29) is 12.3 Å². The first-order chi connectivity index (χ1) is 9.15. The quantitative estimate of drug-likeness (QED) is 0.892. The molecule has 0 aliphatic rings. The van der Waals surface area contributed by atoms with E-state index in [4.69, 9.17) is 5.11 Å². The van der Waals surface area contributed by atoms with Crippen molar-refractivity contribution >= 4 is 5.97 Å². The molecular weight excluding hydrogens is 238 g/mol. The second-order valence-corrected chi connectivity index (χ2v) is 4.74. The van der Waals surface area contributed by atoms with Gasteiger partial charge in [0.1, 0.15) is 0 Å². The Balaban J connectivity index is 2.21. The lowest BCUT2D eigenvalue weighted by Gasteiger charge is -2.14. The lowest BCUT2D eigenvalue weighted by molar-refractivity contribution is -0.137. The van der Waals surface area contributed by atoms with Crippen LogP contribution >= 0.6 is 0 Å². The van der Waals surface area contributed by atoms with Crippen molar-refractivity contribution in [2.45, 2.75) is 25.7 Å². The van der Waals surface area contributed by atoms with E-state index >= 15 is 0 Å². The highest BCUT2D eigenvalue weighted by molar-refractivity contribution is 5.68. The maximum absolute atomic E-state index is 11.0. The zero-order valence-electron chi connectivity index (χ0n) is 10.9. The molecule has 3 heteroatoms. The van der Waals surface area contributed by atoms with E-state index in [1.807, 2.05) is 43.3 Å². The monoisotopic (exact) mass is 255 g/mol. The fourth-order valence-electron chi connectivity index (χ4n) is 2.23. The highest BCUT2D eigenvalue weighted by atomic mass is 16.4. The van der Waals surface area contributed by atoms with Crippen LogP contribution in [-0.4, -0.2) is 16.1 Å². The van der Waals surface area contributed by atoms with Gasteiger partial charge in [0.2, 0.25) is 0 Å². The summed E-state index contributed by atoms with van der Waals surface area (Å²) in [4.78, 5) is 15.3. The van der Waals surface area contributed by atoms with Crippen molar-refractivity contribution in [2.24, 2.45) is 0 Å². The molecule has 3 nitrogen and oxygen atoms in total. The van der Waals surface area contributed by atoms with Gasteiger partial charge in [0.25, 0.3) is 0 Å². The van der Waals surface area contributed by atoms with Crippen LogP contribution < -0.4 is 0 Å². The summed E-state index contributed by atoms with van der Waals surface area (Å²) in [5, 5.41) is 9.05. The van der Waals surface area contributed by atoms with Crippen molar-refractivity contribution < 1.29 is 9.90 Å². The third kappa shape index (κ3) is 3.91. The van der Waals surface area contributed by atoms with E-state index in [1.165, 1.54) is 5.56 Å². The minimum atomic E-state index is -0.789. The van der Waals surface area contributed by atoms with Crippen LogP contribution in [0.2, 0.25) is 0 Å². The topological polar surface area (TPSA) is 50.2 Å². The zero-order chi connectivity index (χ0) is 13.7. The molecule has 1 atom stereocenters. The smallest absolute Gasteiger partial charge is 0.304 e. The van der Waals surface area contributed by atoms with E-state index in [1.54, 1.807) is 6.20 Å². The zero-order valence-corrected chi connectivity index (χ0v) is 10.9. The summed E-state index contributed by atoms with van der Waals surface area (Å²) >= 11 is 0. The lowest BCUT2D eigenvalue weighted by atomic mass is 9.92. The van der Waals surface area contributed by atoms with E-state index in [2.05, 4.69) is 11.1 Å². The Morgan fingerprint density at radius 1 is 1.26 bits per heavy atom. The van der Waals surface area contributed by atoms with Crippen LogP contribution in [0, 0.1) is 6.92 Å². The fourth-order valence-corrected chi connectivity index (χ4v) is 2.23. The molecule has 0 aliphatic carbocycles. The molecule has 0 radical (unpaired) electrons. The van der Waals surface area contributed by atoms with Crippen molar-refractivity contribution in [3.8, 4) is 0 Å². The molecule has 0 saturated heterocycles. The predicted molar refractivity (Wildman–Crippen MR) is 74.1 cm³/mol. The van der Waals surface area contributed by atoms with Gasteiger partial charge in [0, 0.05) is 17.8 Å². The number of carboxylic acids is 1. The van der Waals surface area contributed by atoms with Crippen LogP contribution in [0.15, 0.2) is 48.7 Å². The standard InChI is InChI=1S/C16H17NO2/c1-12-5-4-6-13(9-12)10-14(11-16(18)19)15-7-2-3-8-17-15/h2-9,14H,10-11H2,1H3,(H,18,19). The first kappa shape index (κ1) is 13.3. The van der Waals surface area contributed by atoms with Gasteiger partial charge in [0.05, 0.1) is 6.42 Å². The molecule has 0 bridgehead atoms. The summed E-state index contributed by atoms with van der Waals surface area (Å²) < 4.78 is 0. The van der Waals surface area contributed by atoms with Crippen LogP contribution in [0.5, 0.6) is 0 Å². The average molecular weight is 255 g/mol. The SMILES string of the molecule is Cc1cccc(CC(CC(=O)O)c2ccccn2)c1. The number of aryl methyl sites for hydroxylation is 1. The molecule has 1 N–H and O–H groups in total. The van der Waals surface area contributed by atoms with Gasteiger partial charge in [-0.2, -0.15) is 0 Å². The number of pyridine rings is 1. The summed E-state index contributed by atoms with van der Waals surface area (Å²) in [7, 11) is 0. The largest absolute Gasteiger partial charge is 0.481 e. The second-order valence-electron chi connectivity index (χ2n) is 4.74. The third-order valence-corrected chi connectivity index (χ3v) is 3.09. The molecular formula is C16H17NO2. The number of aromatic nitrogens is 1. The molecule has 19 heavy (non-hydrogen) atoms. The maximum atomic E-state index is 11.0. The lowest BCUT2D eigenvalue weighted by Crippen LogP contribution is -2.10. The predicted octanol–water partition coefficient (Wildman–Crippen LogP) is 3.19. The molecule has 2 rings (SSSR count). The number of carbonyl (C=O) groups is 1. The van der Waals surface area contributed by atoms with E-state index < -0.39 is 5.97 Å². The maximum Gasteiger partial charge on any atom is 0.304 e.